The number of carbonyl (C=O) groups is 2. The molecule has 0 rings (SSSR count). The molecule has 0 bridgehead atoms. The molecule has 0 heterocycles. The van der Waals surface area contributed by atoms with Gasteiger partial charge in [0.05, 0.1) is 14.2 Å². The van der Waals surface area contributed by atoms with Crippen LogP contribution in [0.2, 0.25) is 0 Å². The van der Waals surface area contributed by atoms with E-state index in [1.807, 2.05) is 20.8 Å². The number of hydrogen-bond acceptors (Lipinski definition) is 6. The second-order valence-electron chi connectivity index (χ2n) is 5.34. The molecule has 114 valence electrons. The van der Waals surface area contributed by atoms with Gasteiger partial charge in [-0.05, 0) is 41.0 Å². The van der Waals surface area contributed by atoms with E-state index in [0.717, 1.165) is 6.42 Å². The monoisotopic (exact) mass is 278 g/mol. The lowest BCUT2D eigenvalue weighted by Gasteiger charge is -2.21. The molecule has 0 aromatic carbocycles. The van der Waals surface area contributed by atoms with Crippen LogP contribution in [0.1, 0.15) is 48.0 Å². The highest BCUT2D eigenvalue weighted by Gasteiger charge is 2.20. The van der Waals surface area contributed by atoms with Crippen molar-refractivity contribution in [2.45, 2.75) is 59.2 Å². The summed E-state index contributed by atoms with van der Waals surface area (Å²) in [7, 11) is 2.59. The Morgan fingerprint density at radius 2 is 1.21 bits per heavy atom. The van der Waals surface area contributed by atoms with Gasteiger partial charge in [0.1, 0.15) is 11.2 Å². The summed E-state index contributed by atoms with van der Waals surface area (Å²) >= 11 is 0. The average molecular weight is 278 g/mol. The molecule has 0 unspecified atom stereocenters. The predicted molar refractivity (Wildman–Crippen MR) is 71.1 cm³/mol. The zero-order valence-corrected chi connectivity index (χ0v) is 13.2. The van der Waals surface area contributed by atoms with Crippen LogP contribution in [0.3, 0.4) is 0 Å². The fraction of sp³-hybridized carbons (Fsp3) is 0.846. The first-order valence-corrected chi connectivity index (χ1v) is 6.01. The van der Waals surface area contributed by atoms with Gasteiger partial charge in [0, 0.05) is 0 Å². The van der Waals surface area contributed by atoms with E-state index in [2.05, 4.69) is 9.47 Å². The van der Waals surface area contributed by atoms with Crippen molar-refractivity contribution in [1.82, 2.24) is 0 Å². The fourth-order valence-electron chi connectivity index (χ4n) is 0.631. The van der Waals surface area contributed by atoms with Crippen molar-refractivity contribution in [3.05, 3.63) is 0 Å². The summed E-state index contributed by atoms with van der Waals surface area (Å²) in [4.78, 5) is 20.9. The molecule has 0 radical (unpaired) electrons. The van der Waals surface area contributed by atoms with Crippen molar-refractivity contribution < 1.29 is 28.5 Å². The van der Waals surface area contributed by atoms with E-state index >= 15 is 0 Å². The topological polar surface area (TPSA) is 71.1 Å². The van der Waals surface area contributed by atoms with E-state index < -0.39 is 23.5 Å². The summed E-state index contributed by atoms with van der Waals surface area (Å²) in [5.41, 5.74) is -0.861. The van der Waals surface area contributed by atoms with Crippen molar-refractivity contribution in [1.29, 1.82) is 0 Å². The lowest BCUT2D eigenvalue weighted by atomic mass is 10.1. The Morgan fingerprint density at radius 1 is 0.842 bits per heavy atom. The quantitative estimate of drug-likeness (QED) is 0.720. The lowest BCUT2D eigenvalue weighted by Crippen LogP contribution is -2.26. The number of carbonyl (C=O) groups excluding carboxylic acids is 2. The van der Waals surface area contributed by atoms with Gasteiger partial charge in [0.25, 0.3) is 0 Å². The summed E-state index contributed by atoms with van der Waals surface area (Å²) in [5, 5.41) is 0. The third kappa shape index (κ3) is 14.5. The largest absolute Gasteiger partial charge is 0.508 e. The van der Waals surface area contributed by atoms with Crippen molar-refractivity contribution in [3.8, 4) is 0 Å². The Bertz CT molecular complexity index is 277. The maximum atomic E-state index is 10.5. The Labute approximate surface area is 115 Å². The van der Waals surface area contributed by atoms with Gasteiger partial charge >= 0.3 is 12.3 Å². The predicted octanol–water partition coefficient (Wildman–Crippen LogP) is 3.53. The van der Waals surface area contributed by atoms with Crippen LogP contribution >= 0.6 is 0 Å². The second kappa shape index (κ2) is 8.61. The van der Waals surface area contributed by atoms with Crippen molar-refractivity contribution in [2.75, 3.05) is 14.2 Å². The van der Waals surface area contributed by atoms with E-state index in [9.17, 15) is 9.59 Å². The SMILES string of the molecule is CCC(C)(C)OC(=O)OC.COC(=O)OC(C)(C)C. The first-order chi connectivity index (χ1) is 8.47. The summed E-state index contributed by atoms with van der Waals surface area (Å²) in [6, 6.07) is 0. The number of rotatable bonds is 2. The van der Waals surface area contributed by atoms with Gasteiger partial charge in [0.15, 0.2) is 0 Å². The summed E-state index contributed by atoms with van der Waals surface area (Å²) in [5.74, 6) is 0. The minimum atomic E-state index is -0.637. The van der Waals surface area contributed by atoms with Gasteiger partial charge in [-0.2, -0.15) is 0 Å². The van der Waals surface area contributed by atoms with Gasteiger partial charge in [-0.1, -0.05) is 6.92 Å². The van der Waals surface area contributed by atoms with E-state index in [0.29, 0.717) is 0 Å². The van der Waals surface area contributed by atoms with E-state index in [1.54, 1.807) is 20.8 Å². The third-order valence-corrected chi connectivity index (χ3v) is 1.93. The molecule has 0 aromatic rings. The maximum absolute atomic E-state index is 10.5. The summed E-state index contributed by atoms with van der Waals surface area (Å²) < 4.78 is 18.2. The molecular weight excluding hydrogens is 252 g/mol. The molecule has 0 spiro atoms. The van der Waals surface area contributed by atoms with Crippen LogP contribution in [0.15, 0.2) is 0 Å². The molecule has 0 N–H and O–H groups in total. The third-order valence-electron chi connectivity index (χ3n) is 1.93. The number of hydrogen-bond donors (Lipinski definition) is 0. The molecule has 19 heavy (non-hydrogen) atoms. The lowest BCUT2D eigenvalue weighted by molar-refractivity contribution is -0.00866. The number of methoxy groups -OCH3 is 2. The summed E-state index contributed by atoms with van der Waals surface area (Å²) in [6.07, 6.45) is -0.475. The molecule has 0 amide bonds. The van der Waals surface area contributed by atoms with Crippen molar-refractivity contribution in [3.63, 3.8) is 0 Å². The highest BCUT2D eigenvalue weighted by atomic mass is 16.7. The highest BCUT2D eigenvalue weighted by molar-refractivity contribution is 5.60. The van der Waals surface area contributed by atoms with Gasteiger partial charge < -0.3 is 18.9 Å². The van der Waals surface area contributed by atoms with Crippen LogP contribution in [0, 0.1) is 0 Å². The van der Waals surface area contributed by atoms with Crippen LogP contribution in [-0.2, 0) is 18.9 Å². The van der Waals surface area contributed by atoms with Crippen LogP contribution < -0.4 is 0 Å². The van der Waals surface area contributed by atoms with E-state index in [-0.39, 0.29) is 0 Å². The molecule has 0 aliphatic heterocycles. The van der Waals surface area contributed by atoms with Crippen LogP contribution in [0.25, 0.3) is 0 Å². The molecule has 0 saturated carbocycles. The molecule has 6 heteroatoms. The Hall–Kier alpha value is -1.46. The van der Waals surface area contributed by atoms with Gasteiger partial charge in [-0.15, -0.1) is 0 Å². The standard InChI is InChI=1S/C7H14O3.C6H12O3/c1-5-7(2,3)10-6(8)9-4;1-6(2,3)9-5(7)8-4/h5H2,1-4H3;1-4H3. The van der Waals surface area contributed by atoms with Crippen molar-refractivity contribution in [2.24, 2.45) is 0 Å². The summed E-state index contributed by atoms with van der Waals surface area (Å²) in [6.45, 7) is 11.0. The zero-order valence-electron chi connectivity index (χ0n) is 13.2. The van der Waals surface area contributed by atoms with Crippen molar-refractivity contribution >= 4 is 12.3 Å². The number of ether oxygens (including phenoxy) is 4. The molecule has 0 aliphatic rings. The molecule has 0 saturated heterocycles. The average Bonchev–Trinajstić information content (AvgIpc) is 2.27. The van der Waals surface area contributed by atoms with Gasteiger partial charge in [-0.25, -0.2) is 9.59 Å². The normalized spacial score (nSPS) is 10.7. The van der Waals surface area contributed by atoms with Crippen LogP contribution in [0.5, 0.6) is 0 Å². The Morgan fingerprint density at radius 3 is 1.42 bits per heavy atom. The minimum absolute atomic E-state index is 0.410. The highest BCUT2D eigenvalue weighted by Crippen LogP contribution is 2.13. The van der Waals surface area contributed by atoms with E-state index in [1.165, 1.54) is 14.2 Å². The molecule has 6 nitrogen and oxygen atoms in total. The minimum Gasteiger partial charge on any atom is -0.438 e. The molecule has 0 aromatic heterocycles. The molecule has 0 fully saturated rings. The zero-order chi connectivity index (χ0) is 15.7. The molecule has 0 aliphatic carbocycles. The Balaban J connectivity index is 0. The maximum Gasteiger partial charge on any atom is 0.508 e. The molecule has 0 atom stereocenters. The Kier molecular flexibility index (Phi) is 9.00. The van der Waals surface area contributed by atoms with Crippen LogP contribution in [0.4, 0.5) is 9.59 Å². The van der Waals surface area contributed by atoms with E-state index in [4.69, 9.17) is 9.47 Å². The smallest absolute Gasteiger partial charge is 0.438 e. The fourth-order valence-corrected chi connectivity index (χ4v) is 0.631. The second-order valence-corrected chi connectivity index (χ2v) is 5.34. The molecular formula is C13H26O6. The first kappa shape index (κ1) is 19.9. The van der Waals surface area contributed by atoms with Gasteiger partial charge in [0.2, 0.25) is 0 Å². The first-order valence-electron chi connectivity index (χ1n) is 6.01. The van der Waals surface area contributed by atoms with Gasteiger partial charge in [-0.3, -0.25) is 0 Å². The van der Waals surface area contributed by atoms with Crippen LogP contribution in [-0.4, -0.2) is 37.7 Å².